The Morgan fingerprint density at radius 2 is 1.78 bits per heavy atom. The van der Waals surface area contributed by atoms with Crippen molar-refractivity contribution in [3.8, 4) is 0 Å². The molecule has 2 aliphatic heterocycles. The van der Waals surface area contributed by atoms with Crippen molar-refractivity contribution in [3.05, 3.63) is 70.9 Å². The zero-order chi connectivity index (χ0) is 25.1. The van der Waals surface area contributed by atoms with Crippen molar-refractivity contribution in [1.29, 1.82) is 0 Å². The Morgan fingerprint density at radius 1 is 1.06 bits per heavy atom. The van der Waals surface area contributed by atoms with Crippen LogP contribution >= 0.6 is 0 Å². The molecular formula is C29H37N5O2. The van der Waals surface area contributed by atoms with Gasteiger partial charge in [-0.1, -0.05) is 43.2 Å². The minimum Gasteiger partial charge on any atom is -0.349 e. The Bertz CT molecular complexity index is 1110. The third-order valence-electron chi connectivity index (χ3n) is 8.07. The Labute approximate surface area is 214 Å². The number of benzene rings is 1. The van der Waals surface area contributed by atoms with Gasteiger partial charge in [0.25, 0.3) is 5.91 Å². The second-order valence-corrected chi connectivity index (χ2v) is 10.7. The number of nitrogens with one attached hydrogen (secondary N) is 1. The first-order chi connectivity index (χ1) is 17.5. The van der Waals surface area contributed by atoms with E-state index in [1.807, 2.05) is 43.1 Å². The molecule has 0 radical (unpaired) electrons. The van der Waals surface area contributed by atoms with Gasteiger partial charge in [-0.25, -0.2) is 9.97 Å². The minimum absolute atomic E-state index is 0.00633. The highest BCUT2D eigenvalue weighted by Crippen LogP contribution is 2.32. The highest BCUT2D eigenvalue weighted by Gasteiger charge is 2.36. The molecule has 7 nitrogen and oxygen atoms in total. The van der Waals surface area contributed by atoms with Crippen LogP contribution in [0.3, 0.4) is 0 Å². The van der Waals surface area contributed by atoms with E-state index in [4.69, 9.17) is 0 Å². The minimum atomic E-state index is -0.00633. The summed E-state index contributed by atoms with van der Waals surface area (Å²) in [6, 6.07) is 10.4. The number of rotatable bonds is 8. The van der Waals surface area contributed by atoms with Gasteiger partial charge in [-0.3, -0.25) is 14.5 Å². The number of aromatic nitrogens is 2. The maximum atomic E-state index is 13.1. The summed E-state index contributed by atoms with van der Waals surface area (Å²) in [6.07, 6.45) is 9.96. The molecule has 1 aromatic carbocycles. The lowest BCUT2D eigenvalue weighted by molar-refractivity contribution is -0.122. The fourth-order valence-electron chi connectivity index (χ4n) is 6.10. The standard InChI is InChI=1S/C29H37N5O2/c1-20-28(21(2)31-19-30-20)29(36)34-17-24-15-33(16-25(24)18-34)13-12-26(23-10-4-3-5-11-23)32-27(35)14-22-8-6-7-9-22/h3-5,10-11,17,19,22,25-26H,6-9,12-16,18H2,1-2H3,(H,32,35)/t25?,26-/m0/s1. The highest BCUT2D eigenvalue weighted by atomic mass is 16.2. The van der Waals surface area contributed by atoms with Crippen LogP contribution in [0.5, 0.6) is 0 Å². The first kappa shape index (κ1) is 24.6. The van der Waals surface area contributed by atoms with Gasteiger partial charge in [0.05, 0.1) is 23.0 Å². The molecule has 1 aromatic heterocycles. The summed E-state index contributed by atoms with van der Waals surface area (Å²) in [5.74, 6) is 1.09. The zero-order valence-electron chi connectivity index (χ0n) is 21.4. The van der Waals surface area contributed by atoms with Gasteiger partial charge in [-0.2, -0.15) is 0 Å². The molecule has 2 fully saturated rings. The van der Waals surface area contributed by atoms with Crippen LogP contribution in [0.4, 0.5) is 0 Å². The van der Waals surface area contributed by atoms with Crippen LogP contribution in [0, 0.1) is 25.7 Å². The van der Waals surface area contributed by atoms with Crippen molar-refractivity contribution >= 4 is 11.8 Å². The zero-order valence-corrected chi connectivity index (χ0v) is 21.4. The van der Waals surface area contributed by atoms with Crippen LogP contribution in [0.25, 0.3) is 0 Å². The molecular weight excluding hydrogens is 450 g/mol. The highest BCUT2D eigenvalue weighted by molar-refractivity contribution is 5.97. The molecule has 190 valence electrons. The first-order valence-corrected chi connectivity index (χ1v) is 13.3. The van der Waals surface area contributed by atoms with Crippen molar-refractivity contribution in [3.63, 3.8) is 0 Å². The van der Waals surface area contributed by atoms with Crippen LogP contribution < -0.4 is 5.32 Å². The summed E-state index contributed by atoms with van der Waals surface area (Å²) in [4.78, 5) is 38.7. The monoisotopic (exact) mass is 487 g/mol. The van der Waals surface area contributed by atoms with E-state index in [-0.39, 0.29) is 17.9 Å². The molecule has 7 heteroatoms. The maximum absolute atomic E-state index is 13.1. The molecule has 1 aliphatic carbocycles. The van der Waals surface area contributed by atoms with Gasteiger partial charge in [0, 0.05) is 44.7 Å². The predicted octanol–water partition coefficient (Wildman–Crippen LogP) is 4.19. The molecule has 3 aliphatic rings. The molecule has 0 bridgehead atoms. The lowest BCUT2D eigenvalue weighted by atomic mass is 10.0. The van der Waals surface area contributed by atoms with E-state index in [1.165, 1.54) is 43.1 Å². The van der Waals surface area contributed by atoms with E-state index in [0.717, 1.165) is 37.4 Å². The van der Waals surface area contributed by atoms with Crippen molar-refractivity contribution in [2.75, 3.05) is 26.2 Å². The summed E-state index contributed by atoms with van der Waals surface area (Å²) in [5, 5.41) is 3.34. The number of aryl methyl sites for hydroxylation is 2. The molecule has 1 saturated heterocycles. The molecule has 5 rings (SSSR count). The number of carbonyl (C=O) groups is 2. The second kappa shape index (κ2) is 10.9. The summed E-state index contributed by atoms with van der Waals surface area (Å²) in [6.45, 7) is 7.16. The molecule has 2 aromatic rings. The van der Waals surface area contributed by atoms with Gasteiger partial charge < -0.3 is 10.2 Å². The molecule has 1 unspecified atom stereocenters. The van der Waals surface area contributed by atoms with Crippen molar-refractivity contribution in [2.24, 2.45) is 11.8 Å². The summed E-state index contributed by atoms with van der Waals surface area (Å²) in [7, 11) is 0. The van der Waals surface area contributed by atoms with Gasteiger partial charge in [0.1, 0.15) is 6.33 Å². The Hall–Kier alpha value is -3.06. The largest absolute Gasteiger partial charge is 0.349 e. The van der Waals surface area contributed by atoms with E-state index in [9.17, 15) is 9.59 Å². The van der Waals surface area contributed by atoms with E-state index in [2.05, 4.69) is 32.3 Å². The van der Waals surface area contributed by atoms with Crippen LogP contribution in [0.1, 0.15) is 71.9 Å². The Kier molecular flexibility index (Phi) is 7.46. The number of carbonyl (C=O) groups excluding carboxylic acids is 2. The van der Waals surface area contributed by atoms with Crippen molar-refractivity contribution < 1.29 is 9.59 Å². The quantitative estimate of drug-likeness (QED) is 0.604. The lowest BCUT2D eigenvalue weighted by Crippen LogP contribution is -2.34. The third kappa shape index (κ3) is 5.51. The van der Waals surface area contributed by atoms with E-state index in [0.29, 0.717) is 30.4 Å². The van der Waals surface area contributed by atoms with Gasteiger partial charge >= 0.3 is 0 Å². The summed E-state index contributed by atoms with van der Waals surface area (Å²) < 4.78 is 0. The number of fused-ring (bicyclic) bond motifs is 1. The second-order valence-electron chi connectivity index (χ2n) is 10.7. The van der Waals surface area contributed by atoms with Gasteiger partial charge in [0.2, 0.25) is 5.91 Å². The van der Waals surface area contributed by atoms with Gasteiger partial charge in [0.15, 0.2) is 0 Å². The molecule has 3 heterocycles. The van der Waals surface area contributed by atoms with Gasteiger partial charge in [-0.15, -0.1) is 0 Å². The normalized spacial score (nSPS) is 20.9. The van der Waals surface area contributed by atoms with Crippen LogP contribution in [0.15, 0.2) is 48.4 Å². The van der Waals surface area contributed by atoms with E-state index < -0.39 is 0 Å². The third-order valence-corrected chi connectivity index (χ3v) is 8.07. The molecule has 2 atom stereocenters. The molecule has 1 saturated carbocycles. The average molecular weight is 488 g/mol. The summed E-state index contributed by atoms with van der Waals surface area (Å²) in [5.41, 5.74) is 4.56. The molecule has 2 amide bonds. The SMILES string of the molecule is Cc1ncnc(C)c1C(=O)N1C=C2CN(CC[C@H](NC(=O)CC3CCCC3)c3ccccc3)CC2C1. The smallest absolute Gasteiger partial charge is 0.261 e. The number of hydrogen-bond acceptors (Lipinski definition) is 5. The van der Waals surface area contributed by atoms with Crippen LogP contribution in [-0.4, -0.2) is 57.8 Å². The summed E-state index contributed by atoms with van der Waals surface area (Å²) >= 11 is 0. The predicted molar refractivity (Wildman–Crippen MR) is 139 cm³/mol. The van der Waals surface area contributed by atoms with Gasteiger partial charge in [-0.05, 0) is 50.2 Å². The molecule has 0 spiro atoms. The van der Waals surface area contributed by atoms with Crippen molar-refractivity contribution in [2.45, 2.75) is 58.4 Å². The molecule has 1 N–H and O–H groups in total. The number of hydrogen-bond donors (Lipinski definition) is 1. The Morgan fingerprint density at radius 3 is 2.47 bits per heavy atom. The first-order valence-electron chi connectivity index (χ1n) is 13.3. The van der Waals surface area contributed by atoms with Crippen LogP contribution in [0.2, 0.25) is 0 Å². The van der Waals surface area contributed by atoms with E-state index >= 15 is 0 Å². The topological polar surface area (TPSA) is 78.4 Å². The lowest BCUT2D eigenvalue weighted by Gasteiger charge is -2.24. The number of likely N-dealkylation sites (tertiary alicyclic amines) is 1. The fraction of sp³-hybridized carbons (Fsp3) is 0.517. The average Bonchev–Trinajstić information content (AvgIpc) is 3.59. The number of amides is 2. The van der Waals surface area contributed by atoms with Crippen molar-refractivity contribution in [1.82, 2.24) is 25.1 Å². The maximum Gasteiger partial charge on any atom is 0.261 e. The fourth-order valence-corrected chi connectivity index (χ4v) is 6.10. The Balaban J connectivity index is 1.18. The van der Waals surface area contributed by atoms with Crippen LogP contribution in [-0.2, 0) is 4.79 Å². The number of nitrogens with zero attached hydrogens (tertiary/aromatic N) is 4. The molecule has 36 heavy (non-hydrogen) atoms. The van der Waals surface area contributed by atoms with E-state index in [1.54, 1.807) is 0 Å².